The van der Waals surface area contributed by atoms with E-state index in [1.54, 1.807) is 37.3 Å². The van der Waals surface area contributed by atoms with E-state index < -0.39 is 6.04 Å². The molecule has 0 spiro atoms. The Morgan fingerprint density at radius 1 is 1.13 bits per heavy atom. The molecule has 2 rings (SSSR count). The van der Waals surface area contributed by atoms with Gasteiger partial charge in [-0.15, -0.1) is 0 Å². The summed E-state index contributed by atoms with van der Waals surface area (Å²) in [6.45, 7) is 7.56. The van der Waals surface area contributed by atoms with Crippen LogP contribution in [0, 0.1) is 6.92 Å². The third-order valence-electron chi connectivity index (χ3n) is 4.90. The quantitative estimate of drug-likeness (QED) is 0.583. The molecule has 2 aromatic carbocycles. The van der Waals surface area contributed by atoms with Crippen molar-refractivity contribution >= 4 is 35.0 Å². The fourth-order valence-electron chi connectivity index (χ4n) is 2.82. The molecule has 5 nitrogen and oxygen atoms in total. The van der Waals surface area contributed by atoms with Crippen molar-refractivity contribution in [1.82, 2.24) is 10.2 Å². The van der Waals surface area contributed by atoms with E-state index in [2.05, 4.69) is 5.32 Å². The average Bonchev–Trinajstić information content (AvgIpc) is 2.72. The lowest BCUT2D eigenvalue weighted by atomic mass is 10.1. The maximum Gasteiger partial charge on any atom is 0.261 e. The smallest absolute Gasteiger partial charge is 0.261 e. The summed E-state index contributed by atoms with van der Waals surface area (Å²) < 4.78 is 5.67. The van der Waals surface area contributed by atoms with Gasteiger partial charge in [0.2, 0.25) is 5.91 Å². The first-order valence-corrected chi connectivity index (χ1v) is 10.7. The molecular formula is C23H28Cl2N2O3. The number of amides is 2. The second kappa shape index (κ2) is 11.2. The van der Waals surface area contributed by atoms with Gasteiger partial charge in [0.15, 0.2) is 6.61 Å². The zero-order valence-electron chi connectivity index (χ0n) is 17.7. The molecular weight excluding hydrogens is 423 g/mol. The minimum Gasteiger partial charge on any atom is -0.484 e. The van der Waals surface area contributed by atoms with Crippen LogP contribution in [0.1, 0.15) is 38.3 Å². The molecule has 0 unspecified atom stereocenters. The highest BCUT2D eigenvalue weighted by Gasteiger charge is 2.27. The van der Waals surface area contributed by atoms with Crippen LogP contribution < -0.4 is 10.1 Å². The van der Waals surface area contributed by atoms with E-state index in [-0.39, 0.29) is 31.0 Å². The maximum atomic E-state index is 13.0. The molecule has 1 N–H and O–H groups in total. The van der Waals surface area contributed by atoms with Gasteiger partial charge in [0.1, 0.15) is 11.8 Å². The predicted octanol–water partition coefficient (Wildman–Crippen LogP) is 5.01. The highest BCUT2D eigenvalue weighted by atomic mass is 35.5. The van der Waals surface area contributed by atoms with Crippen molar-refractivity contribution in [1.29, 1.82) is 0 Å². The molecule has 0 saturated heterocycles. The van der Waals surface area contributed by atoms with Crippen LogP contribution in [0.5, 0.6) is 5.75 Å². The van der Waals surface area contributed by atoms with Crippen LogP contribution >= 0.6 is 23.2 Å². The Kier molecular flexibility index (Phi) is 9.00. The normalized spacial score (nSPS) is 12.7. The van der Waals surface area contributed by atoms with Gasteiger partial charge in [-0.1, -0.05) is 42.3 Å². The lowest BCUT2D eigenvalue weighted by molar-refractivity contribution is -0.142. The number of hydrogen-bond acceptors (Lipinski definition) is 3. The Morgan fingerprint density at radius 3 is 2.50 bits per heavy atom. The molecule has 0 aliphatic carbocycles. The molecule has 2 aromatic rings. The summed E-state index contributed by atoms with van der Waals surface area (Å²) >= 11 is 12.1. The van der Waals surface area contributed by atoms with Crippen LogP contribution in [0.25, 0.3) is 0 Å². The standard InChI is InChI=1S/C23H28Cl2N2O3/c1-5-16(3)26-23(29)17(4)27(13-18-7-6-8-19(24)12-18)22(28)14-30-20-9-10-21(25)15(2)11-20/h6-12,16-17H,5,13-14H2,1-4H3,(H,26,29)/t16-,17-/m1/s1. The van der Waals surface area contributed by atoms with Gasteiger partial charge >= 0.3 is 0 Å². The van der Waals surface area contributed by atoms with E-state index in [1.165, 1.54) is 4.90 Å². The molecule has 30 heavy (non-hydrogen) atoms. The van der Waals surface area contributed by atoms with Crippen LogP contribution in [0.2, 0.25) is 10.0 Å². The lowest BCUT2D eigenvalue weighted by Gasteiger charge is -2.29. The lowest BCUT2D eigenvalue weighted by Crippen LogP contribution is -2.50. The minimum absolute atomic E-state index is 0.0244. The topological polar surface area (TPSA) is 58.6 Å². The number of carbonyl (C=O) groups excluding carboxylic acids is 2. The second-order valence-corrected chi connectivity index (χ2v) is 8.19. The Balaban J connectivity index is 2.16. The highest BCUT2D eigenvalue weighted by Crippen LogP contribution is 2.21. The Hall–Kier alpha value is -2.24. The van der Waals surface area contributed by atoms with E-state index in [0.29, 0.717) is 15.8 Å². The zero-order chi connectivity index (χ0) is 22.3. The minimum atomic E-state index is -0.666. The molecule has 162 valence electrons. The van der Waals surface area contributed by atoms with Crippen molar-refractivity contribution < 1.29 is 14.3 Å². The SMILES string of the molecule is CC[C@@H](C)NC(=O)[C@@H](C)N(Cc1cccc(Cl)c1)C(=O)COc1ccc(Cl)c(C)c1. The summed E-state index contributed by atoms with van der Waals surface area (Å²) in [7, 11) is 0. The molecule has 0 aliphatic rings. The Bertz CT molecular complexity index is 889. The number of ether oxygens (including phenoxy) is 1. The van der Waals surface area contributed by atoms with Gasteiger partial charge in [-0.2, -0.15) is 0 Å². The van der Waals surface area contributed by atoms with Gasteiger partial charge in [0, 0.05) is 22.6 Å². The number of benzene rings is 2. The van der Waals surface area contributed by atoms with E-state index >= 15 is 0 Å². The van der Waals surface area contributed by atoms with Gasteiger partial charge in [-0.3, -0.25) is 9.59 Å². The van der Waals surface area contributed by atoms with Crippen molar-refractivity contribution in [2.45, 2.75) is 52.7 Å². The first-order valence-electron chi connectivity index (χ1n) is 9.94. The zero-order valence-corrected chi connectivity index (χ0v) is 19.3. The summed E-state index contributed by atoms with van der Waals surface area (Å²) in [6, 6.07) is 11.8. The van der Waals surface area contributed by atoms with Crippen LogP contribution in [-0.2, 0) is 16.1 Å². The molecule has 2 amide bonds. The summed E-state index contributed by atoms with van der Waals surface area (Å²) in [6.07, 6.45) is 0.805. The van der Waals surface area contributed by atoms with Gasteiger partial charge in [-0.25, -0.2) is 0 Å². The maximum absolute atomic E-state index is 13.0. The molecule has 0 bridgehead atoms. The number of nitrogens with one attached hydrogen (secondary N) is 1. The number of aryl methyl sites for hydroxylation is 1. The summed E-state index contributed by atoms with van der Waals surface area (Å²) in [5, 5.41) is 4.14. The summed E-state index contributed by atoms with van der Waals surface area (Å²) in [4.78, 5) is 27.2. The molecule has 0 saturated carbocycles. The first-order chi connectivity index (χ1) is 14.2. The molecule has 0 heterocycles. The van der Waals surface area contributed by atoms with Gasteiger partial charge < -0.3 is 15.0 Å². The van der Waals surface area contributed by atoms with Crippen molar-refractivity contribution in [3.63, 3.8) is 0 Å². The molecule has 2 atom stereocenters. The van der Waals surface area contributed by atoms with Crippen LogP contribution in [0.4, 0.5) is 0 Å². The number of hydrogen-bond donors (Lipinski definition) is 1. The number of rotatable bonds is 9. The molecule has 7 heteroatoms. The van der Waals surface area contributed by atoms with Crippen molar-refractivity contribution in [3.05, 3.63) is 63.6 Å². The Labute approximate surface area is 188 Å². The van der Waals surface area contributed by atoms with Crippen LogP contribution in [0.15, 0.2) is 42.5 Å². The van der Waals surface area contributed by atoms with E-state index in [0.717, 1.165) is 17.5 Å². The van der Waals surface area contributed by atoms with Crippen LogP contribution in [-0.4, -0.2) is 35.4 Å². The Morgan fingerprint density at radius 2 is 1.87 bits per heavy atom. The third kappa shape index (κ3) is 6.92. The largest absolute Gasteiger partial charge is 0.484 e. The molecule has 0 aromatic heterocycles. The number of carbonyl (C=O) groups is 2. The van der Waals surface area contributed by atoms with E-state index in [4.69, 9.17) is 27.9 Å². The molecule has 0 aliphatic heterocycles. The number of nitrogens with zero attached hydrogens (tertiary/aromatic N) is 1. The van der Waals surface area contributed by atoms with E-state index in [9.17, 15) is 9.59 Å². The highest BCUT2D eigenvalue weighted by molar-refractivity contribution is 6.31. The van der Waals surface area contributed by atoms with Gasteiger partial charge in [-0.05, 0) is 68.7 Å². The van der Waals surface area contributed by atoms with Crippen molar-refractivity contribution in [3.8, 4) is 5.75 Å². The summed E-state index contributed by atoms with van der Waals surface area (Å²) in [5.74, 6) is 0.0427. The van der Waals surface area contributed by atoms with Gasteiger partial charge in [0.05, 0.1) is 0 Å². The van der Waals surface area contributed by atoms with Crippen molar-refractivity contribution in [2.24, 2.45) is 0 Å². The molecule has 0 fully saturated rings. The average molecular weight is 451 g/mol. The monoisotopic (exact) mass is 450 g/mol. The first kappa shape index (κ1) is 24.0. The molecule has 0 radical (unpaired) electrons. The van der Waals surface area contributed by atoms with Crippen molar-refractivity contribution in [2.75, 3.05) is 6.61 Å². The fourth-order valence-corrected chi connectivity index (χ4v) is 3.15. The second-order valence-electron chi connectivity index (χ2n) is 7.35. The third-order valence-corrected chi connectivity index (χ3v) is 5.56. The predicted molar refractivity (Wildman–Crippen MR) is 121 cm³/mol. The fraction of sp³-hybridized carbons (Fsp3) is 0.391. The number of halogens is 2. The van der Waals surface area contributed by atoms with E-state index in [1.807, 2.05) is 32.9 Å². The summed E-state index contributed by atoms with van der Waals surface area (Å²) in [5.41, 5.74) is 1.69. The van der Waals surface area contributed by atoms with Crippen LogP contribution in [0.3, 0.4) is 0 Å². The van der Waals surface area contributed by atoms with Gasteiger partial charge in [0.25, 0.3) is 5.91 Å².